The largest absolute Gasteiger partial charge is 0.356 e. The normalized spacial score (nSPS) is 9.62. The van der Waals surface area contributed by atoms with E-state index < -0.39 is 0 Å². The number of hydrogen-bond acceptors (Lipinski definition) is 3. The van der Waals surface area contributed by atoms with Crippen LogP contribution in [0.1, 0.15) is 0 Å². The smallest absolute Gasteiger partial charge is 0.0842 e. The van der Waals surface area contributed by atoms with E-state index in [1.165, 1.54) is 21.8 Å². The molecule has 0 radical (unpaired) electrons. The number of aromatic nitrogens is 1. The van der Waals surface area contributed by atoms with Gasteiger partial charge in [0.05, 0.1) is 5.03 Å². The number of H-pyrrole nitrogens is 1. The average molecular weight is 146 g/mol. The van der Waals surface area contributed by atoms with Crippen molar-refractivity contribution in [2.75, 3.05) is 0 Å². The average Bonchev–Trinajstić information content (AvgIpc) is 2.19. The molecule has 1 rings (SSSR count). The minimum Gasteiger partial charge on any atom is -0.356 e. The Morgan fingerprint density at radius 1 is 1.62 bits per heavy atom. The second kappa shape index (κ2) is 3.06. The predicted molar refractivity (Wildman–Crippen MR) is 38.4 cm³/mol. The Balaban J connectivity index is 2.50. The standard InChI is InChI=1S/C4H6N2S2/c5-8-7-4-2-1-3-6-4/h1-3,6H,5H2. The van der Waals surface area contributed by atoms with Gasteiger partial charge in [0.2, 0.25) is 0 Å². The zero-order valence-electron chi connectivity index (χ0n) is 4.13. The maximum atomic E-state index is 5.18. The van der Waals surface area contributed by atoms with Gasteiger partial charge in [-0.2, -0.15) is 0 Å². The number of nitrogens with two attached hydrogens (primary N) is 1. The Kier molecular flexibility index (Phi) is 2.32. The third kappa shape index (κ3) is 1.47. The fraction of sp³-hybridized carbons (Fsp3) is 0. The van der Waals surface area contributed by atoms with E-state index in [0.717, 1.165) is 5.03 Å². The molecule has 0 atom stereocenters. The van der Waals surface area contributed by atoms with Gasteiger partial charge >= 0.3 is 0 Å². The first-order chi connectivity index (χ1) is 3.93. The quantitative estimate of drug-likeness (QED) is 0.492. The highest BCUT2D eigenvalue weighted by molar-refractivity contribution is 8.75. The lowest BCUT2D eigenvalue weighted by Gasteiger charge is -1.86. The molecule has 1 aromatic heterocycles. The lowest BCUT2D eigenvalue weighted by Crippen LogP contribution is -1.69. The van der Waals surface area contributed by atoms with Gasteiger partial charge in [0.1, 0.15) is 0 Å². The van der Waals surface area contributed by atoms with Gasteiger partial charge in [-0.1, -0.05) is 0 Å². The van der Waals surface area contributed by atoms with Crippen LogP contribution in [-0.2, 0) is 0 Å². The van der Waals surface area contributed by atoms with Gasteiger partial charge in [0.25, 0.3) is 0 Å². The summed E-state index contributed by atoms with van der Waals surface area (Å²) in [5.74, 6) is 0. The molecule has 0 unspecified atom stereocenters. The lowest BCUT2D eigenvalue weighted by atomic mass is 10.7. The van der Waals surface area contributed by atoms with Crippen molar-refractivity contribution in [3.63, 3.8) is 0 Å². The van der Waals surface area contributed by atoms with Gasteiger partial charge in [-0.15, -0.1) is 0 Å². The van der Waals surface area contributed by atoms with Gasteiger partial charge in [-0.25, -0.2) is 0 Å². The van der Waals surface area contributed by atoms with E-state index >= 15 is 0 Å². The van der Waals surface area contributed by atoms with Gasteiger partial charge < -0.3 is 4.98 Å². The molecule has 0 amide bonds. The number of aromatic amines is 1. The Morgan fingerprint density at radius 3 is 3.00 bits per heavy atom. The summed E-state index contributed by atoms with van der Waals surface area (Å²) in [6.45, 7) is 0. The van der Waals surface area contributed by atoms with Crippen molar-refractivity contribution in [1.82, 2.24) is 4.98 Å². The van der Waals surface area contributed by atoms with Crippen LogP contribution >= 0.6 is 21.8 Å². The van der Waals surface area contributed by atoms with Gasteiger partial charge in [0, 0.05) is 6.20 Å². The molecule has 0 bridgehead atoms. The van der Waals surface area contributed by atoms with Crippen LogP contribution in [-0.4, -0.2) is 4.98 Å². The molecule has 0 aromatic carbocycles. The minimum atomic E-state index is 1.09. The highest BCUT2D eigenvalue weighted by Gasteiger charge is 1.87. The van der Waals surface area contributed by atoms with Crippen molar-refractivity contribution in [3.05, 3.63) is 18.3 Å². The molecule has 0 spiro atoms. The third-order valence-corrected chi connectivity index (χ3v) is 2.06. The molecule has 0 aliphatic carbocycles. The summed E-state index contributed by atoms with van der Waals surface area (Å²) in [7, 11) is 2.77. The van der Waals surface area contributed by atoms with Gasteiger partial charge in [0.15, 0.2) is 0 Å². The predicted octanol–water partition coefficient (Wildman–Crippen LogP) is 1.63. The summed E-state index contributed by atoms with van der Waals surface area (Å²) >= 11 is 0. The molecule has 0 aliphatic rings. The van der Waals surface area contributed by atoms with E-state index in [0.29, 0.717) is 0 Å². The third-order valence-electron chi connectivity index (χ3n) is 0.707. The van der Waals surface area contributed by atoms with Crippen LogP contribution in [0.15, 0.2) is 23.4 Å². The topological polar surface area (TPSA) is 41.8 Å². The summed E-state index contributed by atoms with van der Waals surface area (Å²) in [5, 5.41) is 6.27. The van der Waals surface area contributed by atoms with Crippen molar-refractivity contribution in [3.8, 4) is 0 Å². The molecule has 2 nitrogen and oxygen atoms in total. The molecule has 0 saturated carbocycles. The summed E-state index contributed by atoms with van der Waals surface area (Å²) in [6, 6.07) is 3.92. The maximum Gasteiger partial charge on any atom is 0.0842 e. The van der Waals surface area contributed by atoms with E-state index in [1.807, 2.05) is 18.3 Å². The summed E-state index contributed by atoms with van der Waals surface area (Å²) in [4.78, 5) is 3.00. The first-order valence-electron chi connectivity index (χ1n) is 2.10. The van der Waals surface area contributed by atoms with E-state index in [1.54, 1.807) is 0 Å². The Bertz CT molecular complexity index is 138. The summed E-state index contributed by atoms with van der Waals surface area (Å²) in [6.07, 6.45) is 1.87. The van der Waals surface area contributed by atoms with Crippen molar-refractivity contribution in [2.45, 2.75) is 5.03 Å². The van der Waals surface area contributed by atoms with Crippen LogP contribution < -0.4 is 5.14 Å². The molecule has 3 N–H and O–H groups in total. The monoisotopic (exact) mass is 146 g/mol. The van der Waals surface area contributed by atoms with E-state index in [4.69, 9.17) is 5.14 Å². The number of nitrogens with one attached hydrogen (secondary N) is 1. The van der Waals surface area contributed by atoms with Crippen molar-refractivity contribution < 1.29 is 0 Å². The molecule has 1 heterocycles. The Morgan fingerprint density at radius 2 is 2.50 bits per heavy atom. The molecule has 44 valence electrons. The summed E-state index contributed by atoms with van der Waals surface area (Å²) < 4.78 is 0. The molecule has 0 aliphatic heterocycles. The summed E-state index contributed by atoms with van der Waals surface area (Å²) in [5.41, 5.74) is 0. The molecule has 4 heteroatoms. The highest BCUT2D eigenvalue weighted by atomic mass is 33.1. The van der Waals surface area contributed by atoms with Crippen LogP contribution in [0.2, 0.25) is 0 Å². The molecular weight excluding hydrogens is 140 g/mol. The second-order valence-corrected chi connectivity index (χ2v) is 3.09. The second-order valence-electron chi connectivity index (χ2n) is 1.21. The number of rotatable bonds is 2. The van der Waals surface area contributed by atoms with Crippen molar-refractivity contribution >= 4 is 21.8 Å². The fourth-order valence-electron chi connectivity index (χ4n) is 0.418. The van der Waals surface area contributed by atoms with Crippen LogP contribution in [0.3, 0.4) is 0 Å². The molecule has 1 aromatic rings. The zero-order valence-corrected chi connectivity index (χ0v) is 5.76. The molecule has 0 fully saturated rings. The van der Waals surface area contributed by atoms with Crippen molar-refractivity contribution in [1.29, 1.82) is 0 Å². The van der Waals surface area contributed by atoms with Crippen LogP contribution in [0.4, 0.5) is 0 Å². The SMILES string of the molecule is NSSc1ccc[nH]1. The fourth-order valence-corrected chi connectivity index (χ4v) is 1.39. The van der Waals surface area contributed by atoms with Gasteiger partial charge in [-0.05, 0) is 33.9 Å². The first kappa shape index (κ1) is 6.07. The maximum absolute atomic E-state index is 5.18. The van der Waals surface area contributed by atoms with Crippen LogP contribution in [0.5, 0.6) is 0 Å². The molecule has 0 saturated heterocycles. The Labute approximate surface area is 55.8 Å². The minimum absolute atomic E-state index is 1.09. The first-order valence-corrected chi connectivity index (χ1v) is 4.31. The molecular formula is C4H6N2S2. The Hall–Kier alpha value is -0.0600. The van der Waals surface area contributed by atoms with Crippen LogP contribution in [0, 0.1) is 0 Å². The van der Waals surface area contributed by atoms with Gasteiger partial charge in [-0.3, -0.25) is 5.14 Å². The highest BCUT2D eigenvalue weighted by Crippen LogP contribution is 2.23. The lowest BCUT2D eigenvalue weighted by molar-refractivity contribution is 1.21. The molecule has 8 heavy (non-hydrogen) atoms. The van der Waals surface area contributed by atoms with E-state index in [9.17, 15) is 0 Å². The van der Waals surface area contributed by atoms with E-state index in [2.05, 4.69) is 4.98 Å². The van der Waals surface area contributed by atoms with Crippen molar-refractivity contribution in [2.24, 2.45) is 5.14 Å². The van der Waals surface area contributed by atoms with Crippen LogP contribution in [0.25, 0.3) is 0 Å². The number of hydrogen-bond donors (Lipinski definition) is 2. The van der Waals surface area contributed by atoms with E-state index in [-0.39, 0.29) is 0 Å². The zero-order chi connectivity index (χ0) is 5.82.